The number of hydrogen-bond acceptors (Lipinski definition) is 10. The molecule has 0 bridgehead atoms. The molecule has 0 atom stereocenters. The summed E-state index contributed by atoms with van der Waals surface area (Å²) in [6.07, 6.45) is 1.16. The molecular formula is C16H35N6OS3-3. The highest BCUT2D eigenvalue weighted by atomic mass is 32.2. The van der Waals surface area contributed by atoms with E-state index in [-0.39, 0.29) is 31.5 Å². The van der Waals surface area contributed by atoms with Crippen molar-refractivity contribution in [3.63, 3.8) is 0 Å². The predicted octanol–water partition coefficient (Wildman–Crippen LogP) is 4.50. The first-order chi connectivity index (χ1) is 12.4. The Morgan fingerprint density at radius 1 is 0.538 bits per heavy atom. The molecule has 0 aromatic heterocycles. The van der Waals surface area contributed by atoms with Crippen molar-refractivity contribution in [2.45, 2.75) is 63.7 Å². The van der Waals surface area contributed by atoms with Gasteiger partial charge in [0, 0.05) is 26.2 Å². The summed E-state index contributed by atoms with van der Waals surface area (Å²) in [5, 5.41) is 1.82. The summed E-state index contributed by atoms with van der Waals surface area (Å²) < 4.78 is 30.6. The first kappa shape index (κ1) is 23.8. The monoisotopic (exact) mass is 423 g/mol. The van der Waals surface area contributed by atoms with Crippen LogP contribution in [-0.4, -0.2) is 55.4 Å². The quantitative estimate of drug-likeness (QED) is 0.615. The molecule has 0 aromatic carbocycles. The standard InChI is InChI=1S/C6H13N2S.C5H11N2OS.C5H11N2S/c1-6(2)9-7-4-3-5-8-9;1-5(2)9-6-3-8-4-7-9;1-5(2)8-6-3-4-7-8/h6H,3-5H2,1-2H3;5H,3-4H2,1-2H3;5H,3-4H2,1-2H3/q3*-1. The number of rotatable bonds is 3. The Hall–Kier alpha value is -0.190. The van der Waals surface area contributed by atoms with Crippen LogP contribution >= 0.6 is 0 Å². The lowest BCUT2D eigenvalue weighted by Crippen LogP contribution is -2.05. The van der Waals surface area contributed by atoms with Crippen LogP contribution in [0.15, 0.2) is 26.2 Å². The molecule has 26 heavy (non-hydrogen) atoms. The molecule has 0 unspecified atom stereocenters. The third kappa shape index (κ3) is 10.2. The Labute approximate surface area is 165 Å². The molecule has 3 heterocycles. The van der Waals surface area contributed by atoms with Crippen LogP contribution in [0.5, 0.6) is 0 Å². The predicted molar refractivity (Wildman–Crippen MR) is 117 cm³/mol. The lowest BCUT2D eigenvalue weighted by molar-refractivity contribution is 0.149. The maximum Gasteiger partial charge on any atom is 0.115 e. The average Bonchev–Trinajstić information content (AvgIpc) is 3.19. The summed E-state index contributed by atoms with van der Waals surface area (Å²) in [5.41, 5.74) is 0. The Morgan fingerprint density at radius 2 is 0.885 bits per heavy atom. The summed E-state index contributed by atoms with van der Waals surface area (Å²) >= 11 is 0. The third-order valence-corrected chi connectivity index (χ3v) is 8.19. The van der Waals surface area contributed by atoms with E-state index in [1.54, 1.807) is 0 Å². The molecule has 0 aromatic rings. The number of nitrogens with zero attached hydrogens (tertiary/aromatic N) is 6. The van der Waals surface area contributed by atoms with E-state index >= 15 is 0 Å². The van der Waals surface area contributed by atoms with Gasteiger partial charge in [-0.1, -0.05) is 41.5 Å². The molecule has 10 heteroatoms. The van der Waals surface area contributed by atoms with Gasteiger partial charge in [-0.05, 0) is 6.42 Å². The van der Waals surface area contributed by atoms with Crippen LogP contribution in [0.4, 0.5) is 0 Å². The second kappa shape index (κ2) is 13.9. The van der Waals surface area contributed by atoms with Crippen molar-refractivity contribution in [3.8, 4) is 0 Å². The van der Waals surface area contributed by atoms with Crippen molar-refractivity contribution in [1.29, 1.82) is 0 Å². The molecule has 0 aliphatic carbocycles. The molecule has 7 nitrogen and oxygen atoms in total. The summed E-state index contributed by atoms with van der Waals surface area (Å²) in [7, 11) is 0.0532. The summed E-state index contributed by atoms with van der Waals surface area (Å²) in [5.74, 6) is 0. The minimum atomic E-state index is -0.0714. The minimum Gasteiger partial charge on any atom is -0.418 e. The second-order valence-electron chi connectivity index (χ2n) is 6.51. The molecule has 3 aliphatic heterocycles. The van der Waals surface area contributed by atoms with E-state index in [0.717, 1.165) is 32.6 Å². The molecule has 0 fully saturated rings. The highest BCUT2D eigenvalue weighted by Gasteiger charge is 1.86. The van der Waals surface area contributed by atoms with E-state index in [1.807, 2.05) is 0 Å². The molecule has 3 aliphatic rings. The van der Waals surface area contributed by atoms with Crippen molar-refractivity contribution < 1.29 is 4.74 Å². The fraction of sp³-hybridized carbons (Fsp3) is 1.00. The first-order valence-electron chi connectivity index (χ1n) is 9.24. The van der Waals surface area contributed by atoms with Crippen LogP contribution in [0.3, 0.4) is 0 Å². The van der Waals surface area contributed by atoms with Gasteiger partial charge in [-0.25, -0.2) is 0 Å². The van der Waals surface area contributed by atoms with Crippen molar-refractivity contribution in [2.75, 3.05) is 39.6 Å². The first-order valence-corrected chi connectivity index (χ1v) is 12.8. The smallest absolute Gasteiger partial charge is 0.115 e. The SMILES string of the molecule is CC(C)[S-]1=NCCCN=1.CC(C)[S-]1=NCCN=1.CC(C)[S-]1=NCOCN=1. The van der Waals surface area contributed by atoms with Crippen LogP contribution in [0, 0.1) is 0 Å². The van der Waals surface area contributed by atoms with Crippen molar-refractivity contribution in [2.24, 2.45) is 26.2 Å². The highest BCUT2D eigenvalue weighted by Crippen LogP contribution is 2.01. The van der Waals surface area contributed by atoms with Gasteiger partial charge in [-0.15, -0.1) is 15.7 Å². The largest absolute Gasteiger partial charge is 0.418 e. The second-order valence-corrected chi connectivity index (χ2v) is 12.6. The van der Waals surface area contributed by atoms with Gasteiger partial charge in [0.05, 0.1) is 0 Å². The van der Waals surface area contributed by atoms with E-state index < -0.39 is 0 Å². The lowest BCUT2D eigenvalue weighted by atomic mass is 10.4. The van der Waals surface area contributed by atoms with E-state index in [2.05, 4.69) is 67.7 Å². The lowest BCUT2D eigenvalue weighted by Gasteiger charge is -2.19. The van der Waals surface area contributed by atoms with E-state index in [9.17, 15) is 0 Å². The van der Waals surface area contributed by atoms with E-state index in [0.29, 0.717) is 29.2 Å². The van der Waals surface area contributed by atoms with Gasteiger partial charge < -0.3 is 51.9 Å². The number of ether oxygens (including phenoxy) is 1. The molecular weight excluding hydrogens is 388 g/mol. The van der Waals surface area contributed by atoms with Crippen LogP contribution in [0.1, 0.15) is 48.0 Å². The van der Waals surface area contributed by atoms with Gasteiger partial charge >= 0.3 is 0 Å². The average molecular weight is 424 g/mol. The van der Waals surface area contributed by atoms with Gasteiger partial charge in [0.15, 0.2) is 0 Å². The fourth-order valence-corrected chi connectivity index (χ4v) is 5.46. The van der Waals surface area contributed by atoms with Crippen molar-refractivity contribution >= 4 is 31.5 Å². The molecule has 0 saturated heterocycles. The van der Waals surface area contributed by atoms with Gasteiger partial charge in [0.2, 0.25) is 0 Å². The molecule has 0 N–H and O–H groups in total. The zero-order valence-corrected chi connectivity index (χ0v) is 19.4. The highest BCUT2D eigenvalue weighted by molar-refractivity contribution is 7.78. The molecule has 3 rings (SSSR count). The van der Waals surface area contributed by atoms with E-state index in [4.69, 9.17) is 4.74 Å². The third-order valence-electron chi connectivity index (χ3n) is 3.13. The molecule has 0 spiro atoms. The van der Waals surface area contributed by atoms with Crippen LogP contribution in [-0.2, 0) is 36.2 Å². The maximum atomic E-state index is 4.92. The Balaban J connectivity index is 0.000000195. The normalized spacial score (nSPS) is 21.1. The van der Waals surface area contributed by atoms with Crippen LogP contribution in [0.2, 0.25) is 0 Å². The molecule has 156 valence electrons. The molecule has 0 saturated carbocycles. The summed E-state index contributed by atoms with van der Waals surface area (Å²) in [6, 6.07) is 0. The van der Waals surface area contributed by atoms with Crippen molar-refractivity contribution in [3.05, 3.63) is 0 Å². The molecule has 0 amide bonds. The van der Waals surface area contributed by atoms with Gasteiger partial charge in [0.25, 0.3) is 0 Å². The van der Waals surface area contributed by atoms with E-state index in [1.165, 1.54) is 0 Å². The summed E-state index contributed by atoms with van der Waals surface area (Å²) in [6.45, 7) is 18.0. The van der Waals surface area contributed by atoms with Crippen molar-refractivity contribution in [1.82, 2.24) is 0 Å². The topological polar surface area (TPSA) is 83.4 Å². The minimum absolute atomic E-state index is 0.0536. The fourth-order valence-electron chi connectivity index (χ4n) is 1.90. The molecule has 0 radical (unpaired) electrons. The Morgan fingerprint density at radius 3 is 1.19 bits per heavy atom. The maximum absolute atomic E-state index is 4.92. The van der Waals surface area contributed by atoms with Crippen LogP contribution in [0.25, 0.3) is 0 Å². The summed E-state index contributed by atoms with van der Waals surface area (Å²) in [4.78, 5) is 0. The van der Waals surface area contributed by atoms with Gasteiger partial charge in [-0.3, -0.25) is 10.5 Å². The van der Waals surface area contributed by atoms with Gasteiger partial charge in [0.1, 0.15) is 13.5 Å². The zero-order valence-electron chi connectivity index (χ0n) is 17.0. The van der Waals surface area contributed by atoms with Gasteiger partial charge in [-0.2, -0.15) is 0 Å². The Kier molecular flexibility index (Phi) is 12.8. The number of hydrogen-bond donors (Lipinski definition) is 0. The zero-order chi connectivity index (χ0) is 19.4. The Bertz CT molecular complexity index is 602. The van der Waals surface area contributed by atoms with Crippen LogP contribution < -0.4 is 0 Å².